The quantitative estimate of drug-likeness (QED) is 0.769. The Morgan fingerprint density at radius 1 is 1.17 bits per heavy atom. The fourth-order valence-electron chi connectivity index (χ4n) is 3.82. The molecule has 0 radical (unpaired) electrons. The van der Waals surface area contributed by atoms with Gasteiger partial charge in [-0.1, -0.05) is 0 Å². The molecule has 8 heteroatoms. The van der Waals surface area contributed by atoms with E-state index < -0.39 is 18.5 Å². The van der Waals surface area contributed by atoms with Crippen LogP contribution in [-0.2, 0) is 14.3 Å². The number of carbonyl (C=O) groups is 1. The lowest BCUT2D eigenvalue weighted by molar-refractivity contribution is -0.195. The first-order chi connectivity index (χ1) is 10.9. The molecule has 1 amide bonds. The van der Waals surface area contributed by atoms with Gasteiger partial charge >= 0.3 is 6.18 Å². The molecule has 132 valence electrons. The number of hydrogen-bond donors (Lipinski definition) is 0. The first-order valence-corrected chi connectivity index (χ1v) is 8.23. The lowest BCUT2D eigenvalue weighted by Gasteiger charge is -2.41. The standard InChI is InChI=1S/C15H23F3N2O3/c16-15(17,18)11-19-5-1-3-12(9-19)13(21)20-6-2-4-14(10-20)22-7-8-23-14/h12H,1-11H2. The predicted molar refractivity (Wildman–Crippen MR) is 75.7 cm³/mol. The van der Waals surface area contributed by atoms with Crippen LogP contribution < -0.4 is 0 Å². The minimum Gasteiger partial charge on any atom is -0.346 e. The van der Waals surface area contributed by atoms with Crippen LogP contribution in [0.15, 0.2) is 0 Å². The van der Waals surface area contributed by atoms with Gasteiger partial charge in [-0.2, -0.15) is 13.2 Å². The SMILES string of the molecule is O=C(C1CCCN(CC(F)(F)F)C1)N1CCCC2(C1)OCCO2. The van der Waals surface area contributed by atoms with E-state index in [0.717, 1.165) is 12.8 Å². The molecule has 0 bridgehead atoms. The minimum atomic E-state index is -4.22. The minimum absolute atomic E-state index is 0.0601. The van der Waals surface area contributed by atoms with Crippen LogP contribution in [-0.4, -0.2) is 73.6 Å². The number of halogens is 3. The molecule has 0 saturated carbocycles. The van der Waals surface area contributed by atoms with E-state index in [2.05, 4.69) is 0 Å². The highest BCUT2D eigenvalue weighted by Crippen LogP contribution is 2.32. The Bertz CT molecular complexity index is 438. The summed E-state index contributed by atoms with van der Waals surface area (Å²) in [5, 5.41) is 0. The molecule has 23 heavy (non-hydrogen) atoms. The molecule has 0 aliphatic carbocycles. The summed E-state index contributed by atoms with van der Waals surface area (Å²) >= 11 is 0. The van der Waals surface area contributed by atoms with Gasteiger partial charge < -0.3 is 14.4 Å². The van der Waals surface area contributed by atoms with E-state index >= 15 is 0 Å². The van der Waals surface area contributed by atoms with Gasteiger partial charge in [0.15, 0.2) is 5.79 Å². The molecule has 3 fully saturated rings. The van der Waals surface area contributed by atoms with Crippen molar-refractivity contribution in [2.75, 3.05) is 45.9 Å². The number of nitrogens with zero attached hydrogens (tertiary/aromatic N) is 2. The molecule has 3 rings (SSSR count). The summed E-state index contributed by atoms with van der Waals surface area (Å²) in [6.45, 7) is 1.73. The van der Waals surface area contributed by atoms with Crippen molar-refractivity contribution in [2.24, 2.45) is 5.92 Å². The Kier molecular flexibility index (Phi) is 4.85. The van der Waals surface area contributed by atoms with Gasteiger partial charge in [0.2, 0.25) is 5.91 Å². The molecule has 1 spiro atoms. The highest BCUT2D eigenvalue weighted by Gasteiger charge is 2.44. The van der Waals surface area contributed by atoms with E-state index in [1.54, 1.807) is 4.90 Å². The number of carbonyl (C=O) groups excluding carboxylic acids is 1. The van der Waals surface area contributed by atoms with Gasteiger partial charge in [-0.25, -0.2) is 0 Å². The highest BCUT2D eigenvalue weighted by molar-refractivity contribution is 5.79. The average Bonchev–Trinajstić information content (AvgIpc) is 2.93. The van der Waals surface area contributed by atoms with Crippen LogP contribution in [0, 0.1) is 5.92 Å². The van der Waals surface area contributed by atoms with Crippen molar-refractivity contribution in [3.05, 3.63) is 0 Å². The highest BCUT2D eigenvalue weighted by atomic mass is 19.4. The zero-order chi connectivity index (χ0) is 16.5. The average molecular weight is 336 g/mol. The maximum Gasteiger partial charge on any atom is 0.401 e. The molecule has 3 aliphatic rings. The summed E-state index contributed by atoms with van der Waals surface area (Å²) in [7, 11) is 0. The first-order valence-electron chi connectivity index (χ1n) is 8.23. The van der Waals surface area contributed by atoms with Gasteiger partial charge in [0, 0.05) is 19.5 Å². The fourth-order valence-corrected chi connectivity index (χ4v) is 3.82. The lowest BCUT2D eigenvalue weighted by Crippen LogP contribution is -2.54. The van der Waals surface area contributed by atoms with Crippen molar-refractivity contribution < 1.29 is 27.4 Å². The number of alkyl halides is 3. The molecule has 3 heterocycles. The summed E-state index contributed by atoms with van der Waals surface area (Å²) in [6, 6.07) is 0. The van der Waals surface area contributed by atoms with E-state index in [-0.39, 0.29) is 18.4 Å². The lowest BCUT2D eigenvalue weighted by atomic mass is 9.94. The molecular weight excluding hydrogens is 313 g/mol. The molecule has 1 unspecified atom stereocenters. The van der Waals surface area contributed by atoms with Gasteiger partial charge in [0.05, 0.1) is 32.2 Å². The summed E-state index contributed by atoms with van der Waals surface area (Å²) < 4.78 is 49.0. The fraction of sp³-hybridized carbons (Fsp3) is 0.933. The number of likely N-dealkylation sites (tertiary alicyclic amines) is 2. The van der Waals surface area contributed by atoms with Gasteiger partial charge in [-0.05, 0) is 25.8 Å². The van der Waals surface area contributed by atoms with Crippen molar-refractivity contribution in [3.63, 3.8) is 0 Å². The summed E-state index contributed by atoms with van der Waals surface area (Å²) in [4.78, 5) is 15.8. The topological polar surface area (TPSA) is 42.0 Å². The van der Waals surface area contributed by atoms with Crippen LogP contribution in [0.25, 0.3) is 0 Å². The van der Waals surface area contributed by atoms with Crippen LogP contribution in [0.4, 0.5) is 13.2 Å². The van der Waals surface area contributed by atoms with Crippen molar-refractivity contribution in [1.82, 2.24) is 9.80 Å². The number of rotatable bonds is 2. The maximum atomic E-state index is 12.7. The Morgan fingerprint density at radius 2 is 1.91 bits per heavy atom. The molecule has 0 aromatic carbocycles. The van der Waals surface area contributed by atoms with Crippen LogP contribution in [0.3, 0.4) is 0 Å². The Balaban J connectivity index is 1.58. The molecule has 0 aromatic heterocycles. The molecule has 0 aromatic rings. The van der Waals surface area contributed by atoms with Gasteiger partial charge in [-0.15, -0.1) is 0 Å². The second kappa shape index (κ2) is 6.57. The van der Waals surface area contributed by atoms with Crippen molar-refractivity contribution in [2.45, 2.75) is 37.6 Å². The van der Waals surface area contributed by atoms with Gasteiger partial charge in [0.1, 0.15) is 0 Å². The monoisotopic (exact) mass is 336 g/mol. The molecule has 3 aliphatic heterocycles. The number of ether oxygens (including phenoxy) is 2. The van der Waals surface area contributed by atoms with E-state index in [9.17, 15) is 18.0 Å². The normalized spacial score (nSPS) is 29.2. The van der Waals surface area contributed by atoms with Crippen molar-refractivity contribution >= 4 is 5.91 Å². The van der Waals surface area contributed by atoms with Crippen LogP contribution in [0.1, 0.15) is 25.7 Å². The van der Waals surface area contributed by atoms with E-state index in [0.29, 0.717) is 45.7 Å². The second-order valence-corrected chi connectivity index (χ2v) is 6.66. The van der Waals surface area contributed by atoms with Crippen molar-refractivity contribution in [1.29, 1.82) is 0 Å². The summed E-state index contributed by atoms with van der Waals surface area (Å²) in [5.41, 5.74) is 0. The Labute approximate surface area is 133 Å². The third kappa shape index (κ3) is 4.16. The Hall–Kier alpha value is -0.860. The molecule has 1 atom stereocenters. The molecule has 5 nitrogen and oxygen atoms in total. The third-order valence-corrected chi connectivity index (χ3v) is 4.80. The van der Waals surface area contributed by atoms with Crippen molar-refractivity contribution in [3.8, 4) is 0 Å². The first kappa shape index (κ1) is 17.0. The summed E-state index contributed by atoms with van der Waals surface area (Å²) in [5.74, 6) is -1.11. The maximum absolute atomic E-state index is 12.7. The Morgan fingerprint density at radius 3 is 2.61 bits per heavy atom. The molecule has 0 N–H and O–H groups in total. The van der Waals surface area contributed by atoms with E-state index in [1.807, 2.05) is 0 Å². The predicted octanol–water partition coefficient (Wildman–Crippen LogP) is 1.63. The second-order valence-electron chi connectivity index (χ2n) is 6.66. The van der Waals surface area contributed by atoms with Crippen LogP contribution >= 0.6 is 0 Å². The summed E-state index contributed by atoms with van der Waals surface area (Å²) in [6.07, 6.45) is -1.38. The van der Waals surface area contributed by atoms with Gasteiger partial charge in [0.25, 0.3) is 0 Å². The van der Waals surface area contributed by atoms with Crippen LogP contribution in [0.2, 0.25) is 0 Å². The number of amides is 1. The van der Waals surface area contributed by atoms with E-state index in [4.69, 9.17) is 9.47 Å². The zero-order valence-corrected chi connectivity index (χ0v) is 13.1. The number of hydrogen-bond acceptors (Lipinski definition) is 4. The zero-order valence-electron chi connectivity index (χ0n) is 13.1. The van der Waals surface area contributed by atoms with Crippen LogP contribution in [0.5, 0.6) is 0 Å². The molecule has 3 saturated heterocycles. The third-order valence-electron chi connectivity index (χ3n) is 4.80. The smallest absolute Gasteiger partial charge is 0.346 e. The molecular formula is C15H23F3N2O3. The largest absolute Gasteiger partial charge is 0.401 e. The number of piperidine rings is 2. The van der Waals surface area contributed by atoms with Gasteiger partial charge in [-0.3, -0.25) is 9.69 Å². The van der Waals surface area contributed by atoms with E-state index in [1.165, 1.54) is 4.90 Å².